The fourth-order valence-corrected chi connectivity index (χ4v) is 4.45. The van der Waals surface area contributed by atoms with Gasteiger partial charge in [-0.15, -0.1) is 0 Å². The molecule has 4 nitrogen and oxygen atoms in total. The number of nitrogens with zero attached hydrogens (tertiary/aromatic N) is 2. The maximum Gasteiger partial charge on any atom is 0.109 e. The van der Waals surface area contributed by atoms with E-state index in [0.717, 1.165) is 38.2 Å². The number of aromatic nitrogens is 2. The Morgan fingerprint density at radius 3 is 2.86 bits per heavy atom. The zero-order valence-corrected chi connectivity index (χ0v) is 13.0. The Labute approximate surface area is 131 Å². The number of piperidine rings is 1. The summed E-state index contributed by atoms with van der Waals surface area (Å²) < 4.78 is 2.18. The molecule has 1 fully saturated rings. The molecule has 0 bridgehead atoms. The molecule has 1 aliphatic heterocycles. The van der Waals surface area contributed by atoms with Gasteiger partial charge in [0, 0.05) is 24.2 Å². The third kappa shape index (κ3) is 1.80. The molecular weight excluding hydrogens is 274 g/mol. The van der Waals surface area contributed by atoms with Crippen molar-refractivity contribution in [2.75, 3.05) is 13.1 Å². The molecule has 2 atom stereocenters. The van der Waals surface area contributed by atoms with Crippen LogP contribution < -0.4 is 5.32 Å². The van der Waals surface area contributed by atoms with Crippen LogP contribution in [0.2, 0.25) is 0 Å². The normalized spacial score (nSPS) is 26.3. The fourth-order valence-electron chi connectivity index (χ4n) is 4.45. The summed E-state index contributed by atoms with van der Waals surface area (Å²) in [5.41, 5.74) is 2.50. The molecule has 116 valence electrons. The first-order chi connectivity index (χ1) is 10.8. The third-order valence-electron chi connectivity index (χ3n) is 5.54. The molecule has 2 aliphatic rings. The maximum atomic E-state index is 11.3. The molecule has 22 heavy (non-hydrogen) atoms. The molecule has 0 saturated carbocycles. The molecule has 1 aliphatic carbocycles. The van der Waals surface area contributed by atoms with Gasteiger partial charge >= 0.3 is 0 Å². The smallest absolute Gasteiger partial charge is 0.109 e. The molecule has 2 heterocycles. The molecule has 1 aromatic carbocycles. The van der Waals surface area contributed by atoms with E-state index in [9.17, 15) is 5.11 Å². The van der Waals surface area contributed by atoms with Crippen LogP contribution in [-0.4, -0.2) is 33.9 Å². The molecule has 0 amide bonds. The van der Waals surface area contributed by atoms with Crippen molar-refractivity contribution in [3.63, 3.8) is 0 Å². The molecule has 2 N–H and O–H groups in total. The first kappa shape index (κ1) is 14.0. The van der Waals surface area contributed by atoms with Gasteiger partial charge in [-0.05, 0) is 37.1 Å². The predicted molar refractivity (Wildman–Crippen MR) is 86.0 cm³/mol. The number of benzene rings is 1. The second-order valence-electron chi connectivity index (χ2n) is 6.49. The van der Waals surface area contributed by atoms with Crippen molar-refractivity contribution >= 4 is 0 Å². The maximum absolute atomic E-state index is 11.3. The number of aliphatic hydroxyl groups is 1. The Balaban J connectivity index is 1.87. The lowest BCUT2D eigenvalue weighted by Crippen LogP contribution is -2.47. The fraction of sp³-hybridized carbons (Fsp3) is 0.500. The zero-order chi connectivity index (χ0) is 15.2. The van der Waals surface area contributed by atoms with E-state index >= 15 is 0 Å². The van der Waals surface area contributed by atoms with E-state index in [1.54, 1.807) is 0 Å². The summed E-state index contributed by atoms with van der Waals surface area (Å²) in [6, 6.07) is 8.58. The number of hydrogen-bond donors (Lipinski definition) is 2. The number of aryl methyl sites for hydroxylation is 1. The summed E-state index contributed by atoms with van der Waals surface area (Å²) >= 11 is 0. The van der Waals surface area contributed by atoms with Crippen LogP contribution in [0.1, 0.15) is 42.8 Å². The Morgan fingerprint density at radius 1 is 1.32 bits per heavy atom. The van der Waals surface area contributed by atoms with Crippen LogP contribution in [0, 0.1) is 0 Å². The van der Waals surface area contributed by atoms with Crippen LogP contribution in [0.5, 0.6) is 0 Å². The van der Waals surface area contributed by atoms with Crippen LogP contribution in [-0.2, 0) is 11.8 Å². The molecule has 0 unspecified atom stereocenters. The van der Waals surface area contributed by atoms with E-state index in [1.807, 2.05) is 12.4 Å². The quantitative estimate of drug-likeness (QED) is 0.892. The van der Waals surface area contributed by atoms with E-state index in [1.165, 1.54) is 11.1 Å². The summed E-state index contributed by atoms with van der Waals surface area (Å²) in [6.45, 7) is 4.07. The van der Waals surface area contributed by atoms with Crippen LogP contribution in [0.25, 0.3) is 0 Å². The van der Waals surface area contributed by atoms with Gasteiger partial charge in [-0.25, -0.2) is 4.98 Å². The van der Waals surface area contributed by atoms with Gasteiger partial charge in [-0.1, -0.05) is 31.2 Å². The van der Waals surface area contributed by atoms with Crippen LogP contribution >= 0.6 is 0 Å². The lowest BCUT2D eigenvalue weighted by atomic mass is 9.72. The topological polar surface area (TPSA) is 50.1 Å². The highest BCUT2D eigenvalue weighted by molar-refractivity contribution is 5.46. The van der Waals surface area contributed by atoms with E-state index in [-0.39, 0.29) is 17.6 Å². The van der Waals surface area contributed by atoms with Gasteiger partial charge < -0.3 is 15.0 Å². The molecular formula is C18H23N3O. The van der Waals surface area contributed by atoms with Crippen LogP contribution in [0.4, 0.5) is 0 Å². The minimum Gasteiger partial charge on any atom is -0.390 e. The molecule has 4 heteroatoms. The van der Waals surface area contributed by atoms with Gasteiger partial charge in [-0.3, -0.25) is 0 Å². The number of hydrogen-bond acceptors (Lipinski definition) is 3. The third-order valence-corrected chi connectivity index (χ3v) is 5.54. The van der Waals surface area contributed by atoms with E-state index in [2.05, 4.69) is 46.1 Å². The lowest BCUT2D eigenvalue weighted by Gasteiger charge is -2.39. The summed E-state index contributed by atoms with van der Waals surface area (Å²) in [7, 11) is 0. The number of fused-ring (bicyclic) bond motifs is 2. The number of nitrogens with one attached hydrogen (secondary N) is 1. The van der Waals surface area contributed by atoms with Crippen LogP contribution in [0.3, 0.4) is 0 Å². The number of rotatable bonds is 2. The molecule has 1 spiro atoms. The van der Waals surface area contributed by atoms with Gasteiger partial charge in [-0.2, -0.15) is 0 Å². The van der Waals surface area contributed by atoms with Crippen molar-refractivity contribution in [1.82, 2.24) is 14.9 Å². The molecule has 4 rings (SSSR count). The highest BCUT2D eigenvalue weighted by atomic mass is 16.3. The van der Waals surface area contributed by atoms with Crippen molar-refractivity contribution in [2.24, 2.45) is 0 Å². The van der Waals surface area contributed by atoms with Gasteiger partial charge in [0.05, 0.1) is 12.1 Å². The predicted octanol–water partition coefficient (Wildman–Crippen LogP) is 2.03. The van der Waals surface area contributed by atoms with Crippen molar-refractivity contribution in [3.8, 4) is 0 Å². The largest absolute Gasteiger partial charge is 0.390 e. The Hall–Kier alpha value is -1.65. The van der Waals surface area contributed by atoms with E-state index < -0.39 is 0 Å². The second-order valence-corrected chi connectivity index (χ2v) is 6.49. The second kappa shape index (κ2) is 5.21. The van der Waals surface area contributed by atoms with E-state index in [4.69, 9.17) is 0 Å². The van der Waals surface area contributed by atoms with Gasteiger partial charge in [0.1, 0.15) is 5.82 Å². The highest BCUT2D eigenvalue weighted by Gasteiger charge is 2.52. The zero-order valence-electron chi connectivity index (χ0n) is 13.0. The van der Waals surface area contributed by atoms with Crippen molar-refractivity contribution in [1.29, 1.82) is 0 Å². The Morgan fingerprint density at radius 2 is 2.09 bits per heavy atom. The molecule has 2 aromatic rings. The van der Waals surface area contributed by atoms with Crippen molar-refractivity contribution < 1.29 is 5.11 Å². The Kier molecular flexibility index (Phi) is 3.31. The van der Waals surface area contributed by atoms with Gasteiger partial charge in [0.25, 0.3) is 0 Å². The number of aliphatic hydroxyl groups excluding tert-OH is 1. The van der Waals surface area contributed by atoms with Crippen molar-refractivity contribution in [3.05, 3.63) is 53.6 Å². The molecule has 1 aromatic heterocycles. The average Bonchev–Trinajstić information content (AvgIpc) is 3.11. The van der Waals surface area contributed by atoms with Crippen LogP contribution in [0.15, 0.2) is 36.7 Å². The summed E-state index contributed by atoms with van der Waals surface area (Å²) in [4.78, 5) is 4.46. The van der Waals surface area contributed by atoms with Gasteiger partial charge in [0.2, 0.25) is 0 Å². The lowest BCUT2D eigenvalue weighted by molar-refractivity contribution is 0.0451. The monoisotopic (exact) mass is 297 g/mol. The van der Waals surface area contributed by atoms with Crippen molar-refractivity contribution in [2.45, 2.75) is 43.7 Å². The highest BCUT2D eigenvalue weighted by Crippen LogP contribution is 2.51. The average molecular weight is 297 g/mol. The first-order valence-corrected chi connectivity index (χ1v) is 8.28. The molecule has 0 radical (unpaired) electrons. The minimum absolute atomic E-state index is 0.00764. The summed E-state index contributed by atoms with van der Waals surface area (Å²) in [6.07, 6.45) is 6.36. The number of imidazole rings is 1. The summed E-state index contributed by atoms with van der Waals surface area (Å²) in [5.74, 6) is 1.05. The minimum atomic E-state index is -0.383. The Bertz CT molecular complexity index is 672. The van der Waals surface area contributed by atoms with Gasteiger partial charge in [0.15, 0.2) is 0 Å². The first-order valence-electron chi connectivity index (χ1n) is 8.28. The molecule has 1 saturated heterocycles. The SMILES string of the molecule is CCc1nccn1[C@@H]1c2ccccc2C2(CCNCC2)[C@H]1O. The summed E-state index contributed by atoms with van der Waals surface area (Å²) in [5, 5.41) is 14.7. The standard InChI is InChI=1S/C18H23N3O/c1-2-15-20-11-12-21(15)16-13-5-3-4-6-14(13)18(17(16)22)7-9-19-10-8-18/h3-6,11-12,16-17,19,22H,2,7-10H2,1H3/t16-,17+/m1/s1. The van der Waals surface area contributed by atoms with E-state index in [0.29, 0.717) is 0 Å².